The third kappa shape index (κ3) is 3.43. The number of rotatable bonds is 4. The first-order chi connectivity index (χ1) is 16.5. The SMILES string of the molecule is CS(=O)c1cn(-c2ncc(-c3ccccc3F)cn2)c2cc(C(=O)N3C[C@@H]4C[C@H]3CO4)ccc12. The van der Waals surface area contributed by atoms with Gasteiger partial charge in [-0.1, -0.05) is 24.3 Å². The van der Waals surface area contributed by atoms with Crippen LogP contribution in [0.15, 0.2) is 66.0 Å². The molecule has 7 nitrogen and oxygen atoms in total. The van der Waals surface area contributed by atoms with Gasteiger partial charge in [-0.05, 0) is 24.6 Å². The highest BCUT2D eigenvalue weighted by atomic mass is 32.2. The first-order valence-corrected chi connectivity index (χ1v) is 12.5. The fraction of sp³-hybridized carbons (Fsp3) is 0.240. The lowest BCUT2D eigenvalue weighted by atomic mass is 10.1. The predicted molar refractivity (Wildman–Crippen MR) is 126 cm³/mol. The lowest BCUT2D eigenvalue weighted by Crippen LogP contribution is -2.41. The number of aromatic nitrogens is 3. The van der Waals surface area contributed by atoms with Gasteiger partial charge in [-0.2, -0.15) is 0 Å². The number of fused-ring (bicyclic) bond motifs is 3. The summed E-state index contributed by atoms with van der Waals surface area (Å²) >= 11 is 0. The summed E-state index contributed by atoms with van der Waals surface area (Å²) < 4.78 is 33.9. The molecule has 2 aliphatic rings. The first-order valence-electron chi connectivity index (χ1n) is 11.0. The van der Waals surface area contributed by atoms with Crippen molar-refractivity contribution >= 4 is 27.6 Å². The normalized spacial score (nSPS) is 20.2. The van der Waals surface area contributed by atoms with Gasteiger partial charge in [0.25, 0.3) is 5.91 Å². The second-order valence-electron chi connectivity index (χ2n) is 8.60. The van der Waals surface area contributed by atoms with Crippen LogP contribution in [0.2, 0.25) is 0 Å². The summed E-state index contributed by atoms with van der Waals surface area (Å²) in [6, 6.07) is 12.0. The van der Waals surface area contributed by atoms with Gasteiger partial charge in [0.2, 0.25) is 5.95 Å². The van der Waals surface area contributed by atoms with Crippen LogP contribution in [0, 0.1) is 5.82 Å². The Morgan fingerprint density at radius 1 is 1.18 bits per heavy atom. The predicted octanol–water partition coefficient (Wildman–Crippen LogP) is 3.58. The summed E-state index contributed by atoms with van der Waals surface area (Å²) in [5.74, 6) is -0.0430. The van der Waals surface area contributed by atoms with Gasteiger partial charge < -0.3 is 9.64 Å². The minimum absolute atomic E-state index is 0.0413. The molecule has 3 atom stereocenters. The molecule has 0 spiro atoms. The summed E-state index contributed by atoms with van der Waals surface area (Å²) in [5, 5.41) is 0.769. The smallest absolute Gasteiger partial charge is 0.254 e. The van der Waals surface area contributed by atoms with E-state index in [1.165, 1.54) is 6.07 Å². The molecular formula is C25H21FN4O3S. The second kappa shape index (κ2) is 8.11. The van der Waals surface area contributed by atoms with Crippen LogP contribution in [0.25, 0.3) is 28.0 Å². The largest absolute Gasteiger partial charge is 0.374 e. The van der Waals surface area contributed by atoms with Crippen LogP contribution >= 0.6 is 0 Å². The molecule has 9 heteroatoms. The number of amides is 1. The van der Waals surface area contributed by atoms with E-state index in [4.69, 9.17) is 4.74 Å². The van der Waals surface area contributed by atoms with E-state index in [2.05, 4.69) is 9.97 Å². The Kier molecular flexibility index (Phi) is 5.04. The van der Waals surface area contributed by atoms with E-state index in [0.29, 0.717) is 46.2 Å². The molecule has 4 heterocycles. The van der Waals surface area contributed by atoms with Crippen LogP contribution < -0.4 is 0 Å². The summed E-state index contributed by atoms with van der Waals surface area (Å²) in [6.07, 6.45) is 7.47. The van der Waals surface area contributed by atoms with Crippen molar-refractivity contribution in [3.8, 4) is 17.1 Å². The lowest BCUT2D eigenvalue weighted by Gasteiger charge is -2.27. The standard InChI is InChI=1S/C25H21FN4O3S/c1-34(32)23-13-30(25-27-10-16(11-28-25)19-4-2-3-5-21(19)26)22-8-15(6-7-20(22)23)24(31)29-12-18-9-17(29)14-33-18/h2-8,10-11,13,17-18H,9,12,14H2,1H3/t17-,18-,34?/m0/s1. The summed E-state index contributed by atoms with van der Waals surface area (Å²) in [6.45, 7) is 1.18. The molecule has 0 radical (unpaired) electrons. The van der Waals surface area contributed by atoms with Crippen molar-refractivity contribution in [1.82, 2.24) is 19.4 Å². The lowest BCUT2D eigenvalue weighted by molar-refractivity contribution is 0.0259. The number of halogens is 1. The van der Waals surface area contributed by atoms with Crippen LogP contribution in [0.5, 0.6) is 0 Å². The number of hydrogen-bond acceptors (Lipinski definition) is 5. The zero-order valence-corrected chi connectivity index (χ0v) is 19.2. The number of carbonyl (C=O) groups excluding carboxylic acids is 1. The number of nitrogens with zero attached hydrogens (tertiary/aromatic N) is 4. The fourth-order valence-electron chi connectivity index (χ4n) is 4.82. The summed E-state index contributed by atoms with van der Waals surface area (Å²) in [7, 11) is -1.25. The average molecular weight is 477 g/mol. The molecule has 0 N–H and O–H groups in total. The first kappa shape index (κ1) is 21.1. The topological polar surface area (TPSA) is 77.3 Å². The Labute approximate surface area is 197 Å². The molecule has 172 valence electrons. The number of ether oxygens (including phenoxy) is 1. The highest BCUT2D eigenvalue weighted by Gasteiger charge is 2.41. The number of likely N-dealkylation sites (tertiary alicyclic amines) is 1. The van der Waals surface area contributed by atoms with Gasteiger partial charge in [0.05, 0.1) is 40.0 Å². The van der Waals surface area contributed by atoms with E-state index in [0.717, 1.165) is 11.8 Å². The van der Waals surface area contributed by atoms with E-state index < -0.39 is 10.8 Å². The van der Waals surface area contributed by atoms with Gasteiger partial charge in [0.1, 0.15) is 5.82 Å². The van der Waals surface area contributed by atoms with Crippen molar-refractivity contribution in [2.75, 3.05) is 19.4 Å². The maximum Gasteiger partial charge on any atom is 0.254 e. The van der Waals surface area contributed by atoms with Gasteiger partial charge in [-0.3, -0.25) is 13.6 Å². The van der Waals surface area contributed by atoms with Gasteiger partial charge in [0, 0.05) is 53.5 Å². The van der Waals surface area contributed by atoms with Crippen LogP contribution in [0.4, 0.5) is 4.39 Å². The van der Waals surface area contributed by atoms with Crippen molar-refractivity contribution in [2.45, 2.75) is 23.5 Å². The zero-order chi connectivity index (χ0) is 23.4. The minimum Gasteiger partial charge on any atom is -0.374 e. The Hall–Kier alpha value is -3.43. The van der Waals surface area contributed by atoms with E-state index in [-0.39, 0.29) is 23.9 Å². The molecule has 1 unspecified atom stereocenters. The Bertz CT molecular complexity index is 1450. The number of hydrogen-bond donors (Lipinski definition) is 0. The maximum absolute atomic E-state index is 14.2. The maximum atomic E-state index is 14.2. The second-order valence-corrected chi connectivity index (χ2v) is 9.95. The molecule has 2 bridgehead atoms. The quantitative estimate of drug-likeness (QED) is 0.450. The van der Waals surface area contributed by atoms with E-state index in [1.807, 2.05) is 11.0 Å². The van der Waals surface area contributed by atoms with Crippen LogP contribution in [0.3, 0.4) is 0 Å². The molecule has 2 aromatic carbocycles. The molecule has 0 aliphatic carbocycles. The van der Waals surface area contributed by atoms with Crippen LogP contribution in [0.1, 0.15) is 16.8 Å². The highest BCUT2D eigenvalue weighted by Crippen LogP contribution is 2.32. The average Bonchev–Trinajstić information content (AvgIpc) is 3.58. The minimum atomic E-state index is -1.25. The molecule has 2 aliphatic heterocycles. The molecule has 1 amide bonds. The monoisotopic (exact) mass is 476 g/mol. The molecule has 0 saturated carbocycles. The highest BCUT2D eigenvalue weighted by molar-refractivity contribution is 7.84. The Morgan fingerprint density at radius 3 is 2.65 bits per heavy atom. The number of benzene rings is 2. The van der Waals surface area contributed by atoms with Gasteiger partial charge in [0.15, 0.2) is 0 Å². The van der Waals surface area contributed by atoms with E-state index in [1.54, 1.807) is 59.7 Å². The van der Waals surface area contributed by atoms with Crippen LogP contribution in [-0.4, -0.2) is 61.1 Å². The number of morpholine rings is 1. The third-order valence-corrected chi connectivity index (χ3v) is 7.47. The molecule has 6 rings (SSSR count). The summed E-state index contributed by atoms with van der Waals surface area (Å²) in [4.78, 5) is 24.6. The molecular weight excluding hydrogens is 455 g/mol. The van der Waals surface area contributed by atoms with E-state index >= 15 is 0 Å². The third-order valence-electron chi connectivity index (χ3n) is 6.53. The Balaban J connectivity index is 1.41. The van der Waals surface area contributed by atoms with Crippen molar-refractivity contribution in [1.29, 1.82) is 0 Å². The fourth-order valence-corrected chi connectivity index (χ4v) is 5.55. The van der Waals surface area contributed by atoms with Crippen molar-refractivity contribution < 1.29 is 18.1 Å². The van der Waals surface area contributed by atoms with Gasteiger partial charge in [-0.25, -0.2) is 14.4 Å². The molecule has 2 saturated heterocycles. The Morgan fingerprint density at radius 2 is 1.97 bits per heavy atom. The summed E-state index contributed by atoms with van der Waals surface area (Å²) in [5.41, 5.74) is 2.21. The van der Waals surface area contributed by atoms with Crippen molar-refractivity contribution in [3.05, 3.63) is 72.4 Å². The van der Waals surface area contributed by atoms with Crippen molar-refractivity contribution in [2.24, 2.45) is 0 Å². The van der Waals surface area contributed by atoms with E-state index in [9.17, 15) is 13.4 Å². The molecule has 2 fully saturated rings. The molecule has 34 heavy (non-hydrogen) atoms. The number of carbonyl (C=O) groups is 1. The molecule has 2 aromatic heterocycles. The van der Waals surface area contributed by atoms with Crippen molar-refractivity contribution in [3.63, 3.8) is 0 Å². The van der Waals surface area contributed by atoms with Gasteiger partial charge in [-0.15, -0.1) is 0 Å². The van der Waals surface area contributed by atoms with Gasteiger partial charge >= 0.3 is 0 Å². The van der Waals surface area contributed by atoms with Crippen LogP contribution in [-0.2, 0) is 15.5 Å². The molecule has 4 aromatic rings. The zero-order valence-electron chi connectivity index (χ0n) is 18.3.